The third-order valence-corrected chi connectivity index (χ3v) is 3.14. The van der Waals surface area contributed by atoms with Crippen molar-refractivity contribution in [2.45, 2.75) is 53.5 Å². The predicted molar refractivity (Wildman–Crippen MR) is 73.1 cm³/mol. The van der Waals surface area contributed by atoms with Crippen LogP contribution in [0.5, 0.6) is 0 Å². The summed E-state index contributed by atoms with van der Waals surface area (Å²) in [6.45, 7) is 12.9. The first-order valence-electron chi connectivity index (χ1n) is 6.10. The van der Waals surface area contributed by atoms with Gasteiger partial charge in [-0.3, -0.25) is 0 Å². The van der Waals surface area contributed by atoms with E-state index in [0.717, 1.165) is 11.4 Å². The van der Waals surface area contributed by atoms with Gasteiger partial charge in [-0.2, -0.15) is 0 Å². The van der Waals surface area contributed by atoms with Gasteiger partial charge in [-0.1, -0.05) is 34.6 Å². The molecule has 1 unspecified atom stereocenters. The van der Waals surface area contributed by atoms with Crippen LogP contribution in [-0.2, 0) is 0 Å². The summed E-state index contributed by atoms with van der Waals surface area (Å²) < 4.78 is 0. The summed E-state index contributed by atoms with van der Waals surface area (Å²) in [5.74, 6) is 1.74. The quantitative estimate of drug-likeness (QED) is 0.846. The lowest BCUT2D eigenvalue weighted by Gasteiger charge is -2.29. The van der Waals surface area contributed by atoms with Crippen LogP contribution < -0.4 is 11.1 Å². The number of nitrogens with one attached hydrogen (secondary N) is 1. The van der Waals surface area contributed by atoms with Crippen LogP contribution in [-0.4, -0.2) is 16.0 Å². The lowest BCUT2D eigenvalue weighted by Crippen LogP contribution is -2.31. The van der Waals surface area contributed by atoms with Crippen molar-refractivity contribution in [2.75, 3.05) is 11.1 Å². The zero-order valence-corrected chi connectivity index (χ0v) is 11.7. The number of hydrogen-bond acceptors (Lipinski definition) is 4. The minimum absolute atomic E-state index is 0.175. The van der Waals surface area contributed by atoms with Gasteiger partial charge in [0.15, 0.2) is 0 Å². The van der Waals surface area contributed by atoms with E-state index in [4.69, 9.17) is 5.73 Å². The monoisotopic (exact) mass is 236 g/mol. The molecule has 0 bridgehead atoms. The van der Waals surface area contributed by atoms with Crippen molar-refractivity contribution in [1.29, 1.82) is 0 Å². The smallest absolute Gasteiger partial charge is 0.135 e. The molecule has 0 spiro atoms. The molecule has 0 saturated heterocycles. The van der Waals surface area contributed by atoms with E-state index in [1.54, 1.807) is 0 Å². The van der Waals surface area contributed by atoms with E-state index in [1.165, 1.54) is 6.33 Å². The van der Waals surface area contributed by atoms with Gasteiger partial charge in [0.2, 0.25) is 0 Å². The zero-order chi connectivity index (χ0) is 13.2. The molecular formula is C13H24N4. The number of nitrogen functional groups attached to an aromatic ring is 1. The Kier molecular flexibility index (Phi) is 3.96. The van der Waals surface area contributed by atoms with Gasteiger partial charge in [0.05, 0.1) is 0 Å². The van der Waals surface area contributed by atoms with Gasteiger partial charge < -0.3 is 11.1 Å². The molecule has 3 N–H and O–H groups in total. The lowest BCUT2D eigenvalue weighted by molar-refractivity contribution is 0.358. The molecule has 0 amide bonds. The Hall–Kier alpha value is -1.32. The maximum absolute atomic E-state index is 5.92. The van der Waals surface area contributed by atoms with Gasteiger partial charge in [-0.15, -0.1) is 0 Å². The van der Waals surface area contributed by atoms with Crippen molar-refractivity contribution in [2.24, 2.45) is 5.41 Å². The molecule has 1 rings (SSSR count). The van der Waals surface area contributed by atoms with Crippen molar-refractivity contribution in [3.05, 3.63) is 11.9 Å². The molecule has 4 heteroatoms. The molecule has 0 aliphatic heterocycles. The first kappa shape index (κ1) is 13.7. The van der Waals surface area contributed by atoms with Crippen LogP contribution in [0.4, 0.5) is 11.6 Å². The molecule has 17 heavy (non-hydrogen) atoms. The highest BCUT2D eigenvalue weighted by molar-refractivity contribution is 5.57. The molecule has 1 heterocycles. The molecule has 96 valence electrons. The number of rotatable bonds is 3. The average molecular weight is 236 g/mol. The molecule has 0 saturated carbocycles. The fourth-order valence-corrected chi connectivity index (χ4v) is 1.52. The highest BCUT2D eigenvalue weighted by atomic mass is 15.1. The second kappa shape index (κ2) is 4.90. The van der Waals surface area contributed by atoms with Gasteiger partial charge in [0, 0.05) is 11.6 Å². The molecular weight excluding hydrogens is 212 g/mol. The Bertz CT molecular complexity index is 379. The number of aromatic nitrogens is 2. The number of hydrogen-bond donors (Lipinski definition) is 2. The van der Waals surface area contributed by atoms with E-state index in [0.29, 0.717) is 17.8 Å². The first-order chi connectivity index (χ1) is 7.73. The van der Waals surface area contributed by atoms with Crippen molar-refractivity contribution in [3.8, 4) is 0 Å². The summed E-state index contributed by atoms with van der Waals surface area (Å²) in [5.41, 5.74) is 7.09. The molecule has 0 fully saturated rings. The Morgan fingerprint density at radius 2 is 1.76 bits per heavy atom. The van der Waals surface area contributed by atoms with Crippen LogP contribution in [0.1, 0.15) is 53.0 Å². The van der Waals surface area contributed by atoms with Crippen LogP contribution in [0.2, 0.25) is 0 Å². The molecule has 1 aromatic heterocycles. The number of anilines is 2. The van der Waals surface area contributed by atoms with Crippen LogP contribution >= 0.6 is 0 Å². The minimum Gasteiger partial charge on any atom is -0.383 e. The first-order valence-corrected chi connectivity index (χ1v) is 6.10. The van der Waals surface area contributed by atoms with Gasteiger partial charge in [0.25, 0.3) is 0 Å². The summed E-state index contributed by atoms with van der Waals surface area (Å²) in [4.78, 5) is 8.37. The second-order valence-corrected chi connectivity index (χ2v) is 5.91. The minimum atomic E-state index is 0.175. The van der Waals surface area contributed by atoms with Crippen molar-refractivity contribution in [1.82, 2.24) is 9.97 Å². The summed E-state index contributed by atoms with van der Waals surface area (Å²) in [6.07, 6.45) is 1.51. The fourth-order valence-electron chi connectivity index (χ4n) is 1.52. The number of nitrogens with zero attached hydrogens (tertiary/aromatic N) is 2. The van der Waals surface area contributed by atoms with Crippen molar-refractivity contribution < 1.29 is 0 Å². The number of nitrogens with two attached hydrogens (primary N) is 1. The molecule has 1 atom stereocenters. The van der Waals surface area contributed by atoms with Gasteiger partial charge >= 0.3 is 0 Å². The van der Waals surface area contributed by atoms with Crippen LogP contribution in [0, 0.1) is 5.41 Å². The Balaban J connectivity index is 3.03. The Labute approximate surface area is 104 Å². The summed E-state index contributed by atoms with van der Waals surface area (Å²) >= 11 is 0. The highest BCUT2D eigenvalue weighted by Crippen LogP contribution is 2.29. The van der Waals surface area contributed by atoms with Crippen LogP contribution in [0.3, 0.4) is 0 Å². The Morgan fingerprint density at radius 1 is 1.18 bits per heavy atom. The zero-order valence-electron chi connectivity index (χ0n) is 11.7. The van der Waals surface area contributed by atoms with Crippen LogP contribution in [0.25, 0.3) is 0 Å². The average Bonchev–Trinajstić information content (AvgIpc) is 2.15. The van der Waals surface area contributed by atoms with E-state index in [2.05, 4.69) is 56.8 Å². The molecule has 0 radical (unpaired) electrons. The summed E-state index contributed by atoms with van der Waals surface area (Å²) in [5, 5.41) is 3.44. The topological polar surface area (TPSA) is 63.8 Å². The molecule has 1 aromatic rings. The van der Waals surface area contributed by atoms with Crippen molar-refractivity contribution in [3.63, 3.8) is 0 Å². The summed E-state index contributed by atoms with van der Waals surface area (Å²) in [6, 6.07) is 0.314. The van der Waals surface area contributed by atoms with E-state index >= 15 is 0 Å². The molecule has 0 aliphatic carbocycles. The van der Waals surface area contributed by atoms with E-state index in [1.807, 2.05) is 0 Å². The van der Waals surface area contributed by atoms with E-state index in [9.17, 15) is 0 Å². The highest BCUT2D eigenvalue weighted by Gasteiger charge is 2.22. The van der Waals surface area contributed by atoms with E-state index < -0.39 is 0 Å². The molecule has 4 nitrogen and oxygen atoms in total. The van der Waals surface area contributed by atoms with Gasteiger partial charge in [0.1, 0.15) is 18.0 Å². The van der Waals surface area contributed by atoms with Gasteiger partial charge in [-0.05, 0) is 18.3 Å². The third kappa shape index (κ3) is 3.32. The maximum Gasteiger partial charge on any atom is 0.135 e. The SMILES string of the molecule is CC(C)c1c(N)ncnc1NC(C)C(C)(C)C. The van der Waals surface area contributed by atoms with Crippen molar-refractivity contribution >= 4 is 11.6 Å². The Morgan fingerprint density at radius 3 is 2.24 bits per heavy atom. The second-order valence-electron chi connectivity index (χ2n) is 5.91. The summed E-state index contributed by atoms with van der Waals surface area (Å²) in [7, 11) is 0. The predicted octanol–water partition coefficient (Wildman–Crippen LogP) is 3.03. The van der Waals surface area contributed by atoms with E-state index in [-0.39, 0.29) is 5.41 Å². The molecule has 0 aliphatic rings. The van der Waals surface area contributed by atoms with Crippen LogP contribution in [0.15, 0.2) is 6.33 Å². The van der Waals surface area contributed by atoms with Gasteiger partial charge in [-0.25, -0.2) is 9.97 Å². The fraction of sp³-hybridized carbons (Fsp3) is 0.692. The largest absolute Gasteiger partial charge is 0.383 e. The lowest BCUT2D eigenvalue weighted by atomic mass is 9.88. The third-order valence-electron chi connectivity index (χ3n) is 3.14. The standard InChI is InChI=1S/C13H24N4/c1-8(2)10-11(14)15-7-16-12(10)17-9(3)13(4,5)6/h7-9H,1-6H3,(H3,14,15,16,17). The maximum atomic E-state index is 5.92. The molecule has 0 aromatic carbocycles. The normalized spacial score (nSPS) is 13.8.